The minimum Gasteiger partial charge on any atom is -0.264 e. The van der Waals surface area contributed by atoms with Gasteiger partial charge < -0.3 is 0 Å². The fourth-order valence-corrected chi connectivity index (χ4v) is 1.71. The third-order valence-corrected chi connectivity index (χ3v) is 2.42. The molecule has 1 aromatic heterocycles. The Morgan fingerprint density at radius 2 is 2.33 bits per heavy atom. The monoisotopic (exact) mass is 159 g/mol. The Hall–Kier alpha value is -1.11. The highest BCUT2D eigenvalue weighted by molar-refractivity contribution is 5.17. The van der Waals surface area contributed by atoms with Crippen molar-refractivity contribution in [3.8, 4) is 0 Å². The van der Waals surface area contributed by atoms with Gasteiger partial charge in [0, 0.05) is 12.4 Å². The minimum atomic E-state index is 0.712. The van der Waals surface area contributed by atoms with Gasteiger partial charge in [0.25, 0.3) is 0 Å². The van der Waals surface area contributed by atoms with Crippen LogP contribution < -0.4 is 0 Å². The molecule has 2 rings (SSSR count). The van der Waals surface area contributed by atoms with Crippen LogP contribution in [0, 0.1) is 0 Å². The molecule has 1 atom stereocenters. The number of aromatic nitrogens is 1. The van der Waals surface area contributed by atoms with Crippen LogP contribution in [0.15, 0.2) is 36.7 Å². The van der Waals surface area contributed by atoms with Gasteiger partial charge >= 0.3 is 0 Å². The lowest BCUT2D eigenvalue weighted by atomic mass is 9.89. The molecular weight excluding hydrogens is 146 g/mol. The van der Waals surface area contributed by atoms with E-state index >= 15 is 0 Å². The van der Waals surface area contributed by atoms with Gasteiger partial charge in [-0.3, -0.25) is 4.98 Å². The van der Waals surface area contributed by atoms with Crippen molar-refractivity contribution in [1.82, 2.24) is 4.98 Å². The average molecular weight is 159 g/mol. The van der Waals surface area contributed by atoms with Gasteiger partial charge in [-0.05, 0) is 36.8 Å². The van der Waals surface area contributed by atoms with Gasteiger partial charge in [-0.15, -0.1) is 0 Å². The van der Waals surface area contributed by atoms with E-state index in [1.54, 1.807) is 0 Å². The number of rotatable bonds is 1. The normalized spacial score (nSPS) is 22.5. The van der Waals surface area contributed by atoms with Crippen molar-refractivity contribution in [2.45, 2.75) is 25.2 Å². The minimum absolute atomic E-state index is 0.712. The van der Waals surface area contributed by atoms with E-state index in [0.29, 0.717) is 5.92 Å². The molecule has 0 fully saturated rings. The Morgan fingerprint density at radius 1 is 1.33 bits per heavy atom. The molecular formula is C11H13N. The topological polar surface area (TPSA) is 12.9 Å². The number of pyridine rings is 1. The van der Waals surface area contributed by atoms with Gasteiger partial charge in [0.15, 0.2) is 0 Å². The molecule has 12 heavy (non-hydrogen) atoms. The maximum atomic E-state index is 4.14. The molecule has 0 aliphatic heterocycles. The molecule has 0 amide bonds. The van der Waals surface area contributed by atoms with Crippen molar-refractivity contribution in [1.29, 1.82) is 0 Å². The number of nitrogens with zero attached hydrogens (tertiary/aromatic N) is 1. The summed E-state index contributed by atoms with van der Waals surface area (Å²) < 4.78 is 0. The lowest BCUT2D eigenvalue weighted by molar-refractivity contribution is 0.615. The van der Waals surface area contributed by atoms with Crippen LogP contribution >= 0.6 is 0 Å². The van der Waals surface area contributed by atoms with Crippen LogP contribution in [0.2, 0.25) is 0 Å². The zero-order valence-corrected chi connectivity index (χ0v) is 7.11. The van der Waals surface area contributed by atoms with Crippen molar-refractivity contribution >= 4 is 0 Å². The summed E-state index contributed by atoms with van der Waals surface area (Å²) in [6.45, 7) is 0. The van der Waals surface area contributed by atoms with Crippen LogP contribution in [-0.2, 0) is 0 Å². The molecule has 0 spiro atoms. The second-order valence-corrected chi connectivity index (χ2v) is 3.27. The Kier molecular flexibility index (Phi) is 2.21. The zero-order valence-electron chi connectivity index (χ0n) is 7.11. The summed E-state index contributed by atoms with van der Waals surface area (Å²) in [4.78, 5) is 4.14. The first kappa shape index (κ1) is 7.53. The van der Waals surface area contributed by atoms with E-state index in [4.69, 9.17) is 0 Å². The Labute approximate surface area is 73.1 Å². The van der Waals surface area contributed by atoms with E-state index in [1.807, 2.05) is 18.5 Å². The second-order valence-electron chi connectivity index (χ2n) is 3.27. The molecule has 1 aliphatic carbocycles. The van der Waals surface area contributed by atoms with Crippen molar-refractivity contribution in [2.24, 2.45) is 0 Å². The van der Waals surface area contributed by atoms with E-state index in [9.17, 15) is 0 Å². The number of hydrogen-bond donors (Lipinski definition) is 0. The second kappa shape index (κ2) is 3.53. The molecule has 1 heterocycles. The molecule has 1 nitrogen and oxygen atoms in total. The quantitative estimate of drug-likeness (QED) is 0.574. The predicted molar refractivity (Wildman–Crippen MR) is 50.0 cm³/mol. The summed E-state index contributed by atoms with van der Waals surface area (Å²) in [5, 5.41) is 0. The summed E-state index contributed by atoms with van der Waals surface area (Å²) in [7, 11) is 0. The lowest BCUT2D eigenvalue weighted by Gasteiger charge is -2.17. The first-order chi connectivity index (χ1) is 5.97. The maximum absolute atomic E-state index is 4.14. The molecule has 1 unspecified atom stereocenters. The van der Waals surface area contributed by atoms with Crippen molar-refractivity contribution in [2.75, 3.05) is 0 Å². The van der Waals surface area contributed by atoms with E-state index in [0.717, 1.165) is 0 Å². The van der Waals surface area contributed by atoms with E-state index in [1.165, 1.54) is 24.8 Å². The third kappa shape index (κ3) is 1.55. The Morgan fingerprint density at radius 3 is 3.00 bits per heavy atom. The van der Waals surface area contributed by atoms with Crippen LogP contribution in [0.4, 0.5) is 0 Å². The highest BCUT2D eigenvalue weighted by Gasteiger charge is 2.11. The summed E-state index contributed by atoms with van der Waals surface area (Å²) >= 11 is 0. The highest BCUT2D eigenvalue weighted by Crippen LogP contribution is 2.27. The largest absolute Gasteiger partial charge is 0.264 e. The van der Waals surface area contributed by atoms with Gasteiger partial charge in [0.05, 0.1) is 0 Å². The van der Waals surface area contributed by atoms with Gasteiger partial charge in [-0.1, -0.05) is 18.2 Å². The smallest absolute Gasteiger partial charge is 0.0302 e. The summed E-state index contributed by atoms with van der Waals surface area (Å²) in [5.41, 5.74) is 1.39. The zero-order chi connectivity index (χ0) is 8.23. The molecule has 62 valence electrons. The van der Waals surface area contributed by atoms with Crippen LogP contribution in [0.3, 0.4) is 0 Å². The first-order valence-corrected chi connectivity index (χ1v) is 4.52. The molecule has 0 saturated carbocycles. The van der Waals surface area contributed by atoms with E-state index < -0.39 is 0 Å². The van der Waals surface area contributed by atoms with Gasteiger partial charge in [-0.25, -0.2) is 0 Å². The van der Waals surface area contributed by atoms with Gasteiger partial charge in [0.1, 0.15) is 0 Å². The molecule has 0 N–H and O–H groups in total. The van der Waals surface area contributed by atoms with Crippen molar-refractivity contribution in [3.05, 3.63) is 42.2 Å². The molecule has 1 aromatic rings. The molecule has 1 heteroatoms. The fourth-order valence-electron chi connectivity index (χ4n) is 1.71. The number of hydrogen-bond acceptors (Lipinski definition) is 1. The van der Waals surface area contributed by atoms with Gasteiger partial charge in [0.2, 0.25) is 0 Å². The summed E-state index contributed by atoms with van der Waals surface area (Å²) in [6, 6.07) is 4.20. The third-order valence-electron chi connectivity index (χ3n) is 2.42. The van der Waals surface area contributed by atoms with Crippen LogP contribution in [0.5, 0.6) is 0 Å². The van der Waals surface area contributed by atoms with Gasteiger partial charge in [-0.2, -0.15) is 0 Å². The Balaban J connectivity index is 2.15. The lowest BCUT2D eigenvalue weighted by Crippen LogP contribution is -2.00. The highest BCUT2D eigenvalue weighted by atomic mass is 14.6. The standard InChI is InChI=1S/C11H13N/c1-2-5-10(6-3-1)11-7-4-8-12-9-11/h1-2,4,7-10H,3,5-6H2. The molecule has 1 aliphatic rings. The predicted octanol–water partition coefficient (Wildman–Crippen LogP) is 2.91. The maximum Gasteiger partial charge on any atom is 0.0302 e. The first-order valence-electron chi connectivity index (χ1n) is 4.52. The summed E-state index contributed by atoms with van der Waals surface area (Å²) in [6.07, 6.45) is 12.1. The Bertz CT molecular complexity index is 264. The van der Waals surface area contributed by atoms with Crippen LogP contribution in [0.25, 0.3) is 0 Å². The van der Waals surface area contributed by atoms with E-state index in [2.05, 4.69) is 23.2 Å². The number of allylic oxidation sites excluding steroid dienone is 2. The molecule has 0 aromatic carbocycles. The molecule has 0 radical (unpaired) electrons. The molecule has 0 saturated heterocycles. The van der Waals surface area contributed by atoms with E-state index in [-0.39, 0.29) is 0 Å². The van der Waals surface area contributed by atoms with Crippen molar-refractivity contribution < 1.29 is 0 Å². The molecule has 0 bridgehead atoms. The van der Waals surface area contributed by atoms with Crippen LogP contribution in [-0.4, -0.2) is 4.98 Å². The fraction of sp³-hybridized carbons (Fsp3) is 0.364. The van der Waals surface area contributed by atoms with Crippen molar-refractivity contribution in [3.63, 3.8) is 0 Å². The summed E-state index contributed by atoms with van der Waals surface area (Å²) in [5.74, 6) is 0.712. The van der Waals surface area contributed by atoms with Crippen LogP contribution in [0.1, 0.15) is 30.7 Å². The SMILES string of the molecule is C1=CCC(c2cccnc2)CC1. The average Bonchev–Trinajstić information content (AvgIpc) is 2.21.